The van der Waals surface area contributed by atoms with E-state index in [1.807, 2.05) is 0 Å². The summed E-state index contributed by atoms with van der Waals surface area (Å²) < 4.78 is 0. The molecular weight excluding hydrogens is 260 g/mol. The van der Waals surface area contributed by atoms with E-state index in [9.17, 15) is 4.79 Å². The van der Waals surface area contributed by atoms with Crippen molar-refractivity contribution in [1.82, 2.24) is 10.6 Å². The highest BCUT2D eigenvalue weighted by Crippen LogP contribution is 2.43. The molecular formula is C15H29ClN2O. The van der Waals surface area contributed by atoms with Gasteiger partial charge in [-0.3, -0.25) is 4.79 Å². The first-order chi connectivity index (χ1) is 8.62. The van der Waals surface area contributed by atoms with Crippen molar-refractivity contribution in [2.45, 2.75) is 64.8 Å². The number of halogens is 1. The van der Waals surface area contributed by atoms with Crippen LogP contribution in [0.4, 0.5) is 0 Å². The van der Waals surface area contributed by atoms with Crippen LogP contribution in [0.1, 0.15) is 58.8 Å². The summed E-state index contributed by atoms with van der Waals surface area (Å²) in [6, 6.07) is 0.357. The number of carbonyl (C=O) groups is 1. The molecule has 0 aromatic heterocycles. The Labute approximate surface area is 123 Å². The Hall–Kier alpha value is -0.280. The number of hydrogen-bond donors (Lipinski definition) is 2. The number of carbonyl (C=O) groups excluding carboxylic acids is 1. The molecule has 0 aromatic carbocycles. The lowest BCUT2D eigenvalue weighted by Crippen LogP contribution is -2.50. The molecule has 1 atom stereocenters. The first-order valence-electron chi connectivity index (χ1n) is 7.64. The van der Waals surface area contributed by atoms with E-state index in [0.717, 1.165) is 38.8 Å². The second-order valence-electron chi connectivity index (χ2n) is 6.60. The van der Waals surface area contributed by atoms with E-state index in [1.165, 1.54) is 19.3 Å². The maximum Gasteiger partial charge on any atom is 0.226 e. The summed E-state index contributed by atoms with van der Waals surface area (Å²) in [7, 11) is 0. The van der Waals surface area contributed by atoms with Crippen molar-refractivity contribution >= 4 is 18.3 Å². The number of piperidine rings is 1. The lowest BCUT2D eigenvalue weighted by atomic mass is 9.77. The van der Waals surface area contributed by atoms with E-state index >= 15 is 0 Å². The summed E-state index contributed by atoms with van der Waals surface area (Å²) in [5, 5.41) is 6.67. The predicted octanol–water partition coefficient (Wildman–Crippen LogP) is 2.88. The molecule has 0 unspecified atom stereocenters. The summed E-state index contributed by atoms with van der Waals surface area (Å²) in [4.78, 5) is 12.6. The zero-order valence-corrected chi connectivity index (χ0v) is 13.2. The number of nitrogens with one attached hydrogen (secondary N) is 2. The first-order valence-corrected chi connectivity index (χ1v) is 7.64. The molecule has 1 heterocycles. The molecule has 2 fully saturated rings. The summed E-state index contributed by atoms with van der Waals surface area (Å²) >= 11 is 0. The summed E-state index contributed by atoms with van der Waals surface area (Å²) in [5.41, 5.74) is -0.0500. The summed E-state index contributed by atoms with van der Waals surface area (Å²) in [6.45, 7) is 6.51. The molecule has 0 radical (unpaired) electrons. The largest absolute Gasteiger partial charge is 0.352 e. The van der Waals surface area contributed by atoms with Crippen LogP contribution in [0.25, 0.3) is 0 Å². The Morgan fingerprint density at radius 1 is 1.32 bits per heavy atom. The fourth-order valence-corrected chi connectivity index (χ4v) is 3.67. The van der Waals surface area contributed by atoms with Crippen molar-refractivity contribution in [2.24, 2.45) is 11.3 Å². The predicted molar refractivity (Wildman–Crippen MR) is 81.6 cm³/mol. The molecule has 0 spiro atoms. The Morgan fingerprint density at radius 3 is 2.53 bits per heavy atom. The fourth-order valence-electron chi connectivity index (χ4n) is 3.67. The van der Waals surface area contributed by atoms with Crippen molar-refractivity contribution in [1.29, 1.82) is 0 Å². The van der Waals surface area contributed by atoms with Crippen LogP contribution in [0, 0.1) is 11.3 Å². The van der Waals surface area contributed by atoms with Crippen molar-refractivity contribution in [3.05, 3.63) is 0 Å². The highest BCUT2D eigenvalue weighted by Gasteiger charge is 2.41. The van der Waals surface area contributed by atoms with Crippen LogP contribution >= 0.6 is 12.4 Å². The minimum atomic E-state index is -0.0500. The van der Waals surface area contributed by atoms with E-state index in [-0.39, 0.29) is 17.8 Å². The molecule has 1 saturated carbocycles. The minimum absolute atomic E-state index is 0. The van der Waals surface area contributed by atoms with Gasteiger partial charge in [-0.05, 0) is 44.6 Å². The monoisotopic (exact) mass is 288 g/mol. The normalized spacial score (nSPS) is 25.9. The molecule has 2 rings (SSSR count). The van der Waals surface area contributed by atoms with Crippen LogP contribution in [0.3, 0.4) is 0 Å². The van der Waals surface area contributed by atoms with Gasteiger partial charge in [-0.25, -0.2) is 0 Å². The molecule has 1 aliphatic heterocycles. The molecule has 4 heteroatoms. The third kappa shape index (κ3) is 4.35. The molecule has 1 aliphatic carbocycles. The molecule has 2 N–H and O–H groups in total. The molecule has 2 aliphatic rings. The number of amides is 1. The van der Waals surface area contributed by atoms with Gasteiger partial charge in [0.05, 0.1) is 0 Å². The second kappa shape index (κ2) is 7.49. The average Bonchev–Trinajstić information content (AvgIpc) is 2.79. The lowest BCUT2D eigenvalue weighted by Gasteiger charge is -2.33. The molecule has 0 aromatic rings. The van der Waals surface area contributed by atoms with Gasteiger partial charge in [0.15, 0.2) is 0 Å². The fraction of sp³-hybridized carbons (Fsp3) is 0.933. The van der Waals surface area contributed by atoms with Gasteiger partial charge in [0.25, 0.3) is 0 Å². The average molecular weight is 289 g/mol. The molecule has 112 valence electrons. The quantitative estimate of drug-likeness (QED) is 0.835. The summed E-state index contributed by atoms with van der Waals surface area (Å²) in [6.07, 6.45) is 8.01. The van der Waals surface area contributed by atoms with Crippen LogP contribution < -0.4 is 10.6 Å². The summed E-state index contributed by atoms with van der Waals surface area (Å²) in [5.74, 6) is 0.945. The first kappa shape index (κ1) is 16.8. The van der Waals surface area contributed by atoms with Gasteiger partial charge in [-0.2, -0.15) is 0 Å². The smallest absolute Gasteiger partial charge is 0.226 e. The third-order valence-electron chi connectivity index (χ3n) is 4.47. The highest BCUT2D eigenvalue weighted by atomic mass is 35.5. The van der Waals surface area contributed by atoms with Gasteiger partial charge in [0.1, 0.15) is 0 Å². The maximum absolute atomic E-state index is 12.6. The second-order valence-corrected chi connectivity index (χ2v) is 6.60. The number of rotatable bonds is 4. The molecule has 3 nitrogen and oxygen atoms in total. The van der Waals surface area contributed by atoms with Crippen LogP contribution in [-0.2, 0) is 4.79 Å². The molecule has 0 bridgehead atoms. The highest BCUT2D eigenvalue weighted by molar-refractivity contribution is 5.85. The maximum atomic E-state index is 12.6. The van der Waals surface area contributed by atoms with Crippen LogP contribution in [0.5, 0.6) is 0 Å². The molecule has 1 amide bonds. The van der Waals surface area contributed by atoms with Crippen LogP contribution in [0.2, 0.25) is 0 Å². The van der Waals surface area contributed by atoms with Crippen LogP contribution in [0.15, 0.2) is 0 Å². The van der Waals surface area contributed by atoms with Crippen molar-refractivity contribution < 1.29 is 4.79 Å². The van der Waals surface area contributed by atoms with E-state index in [0.29, 0.717) is 17.9 Å². The van der Waals surface area contributed by atoms with Gasteiger partial charge in [0, 0.05) is 18.0 Å². The van der Waals surface area contributed by atoms with E-state index in [4.69, 9.17) is 0 Å². The van der Waals surface area contributed by atoms with E-state index < -0.39 is 0 Å². The minimum Gasteiger partial charge on any atom is -0.352 e. The Kier molecular flexibility index (Phi) is 6.61. The Bertz CT molecular complexity index is 282. The molecule has 19 heavy (non-hydrogen) atoms. The Balaban J connectivity index is 0.00000180. The lowest BCUT2D eigenvalue weighted by molar-refractivity contribution is -0.132. The standard InChI is InChI=1S/C15H28N2O.ClH/c1-12(2)10-15(7-3-4-8-15)14(18)17-13-6-5-9-16-11-13;/h12-13,16H,3-11H2,1-2H3,(H,17,18);1H/t13-;/m1./s1. The topological polar surface area (TPSA) is 41.1 Å². The van der Waals surface area contributed by atoms with Gasteiger partial charge in [-0.1, -0.05) is 26.7 Å². The number of hydrogen-bond acceptors (Lipinski definition) is 2. The van der Waals surface area contributed by atoms with Gasteiger partial charge < -0.3 is 10.6 Å². The van der Waals surface area contributed by atoms with Gasteiger partial charge in [-0.15, -0.1) is 12.4 Å². The zero-order valence-electron chi connectivity index (χ0n) is 12.3. The van der Waals surface area contributed by atoms with Crippen molar-refractivity contribution in [2.75, 3.05) is 13.1 Å². The third-order valence-corrected chi connectivity index (χ3v) is 4.47. The van der Waals surface area contributed by atoms with Crippen LogP contribution in [-0.4, -0.2) is 25.0 Å². The SMILES string of the molecule is CC(C)CC1(C(=O)N[C@@H]2CCCNC2)CCCC1.Cl. The van der Waals surface area contributed by atoms with E-state index in [1.54, 1.807) is 0 Å². The molecule has 1 saturated heterocycles. The Morgan fingerprint density at radius 2 is 2.00 bits per heavy atom. The van der Waals surface area contributed by atoms with Gasteiger partial charge >= 0.3 is 0 Å². The van der Waals surface area contributed by atoms with Crippen molar-refractivity contribution in [3.63, 3.8) is 0 Å². The zero-order chi connectivity index (χ0) is 13.0. The van der Waals surface area contributed by atoms with Crippen molar-refractivity contribution in [3.8, 4) is 0 Å². The van der Waals surface area contributed by atoms with Gasteiger partial charge in [0.2, 0.25) is 5.91 Å². The van der Waals surface area contributed by atoms with E-state index in [2.05, 4.69) is 24.5 Å².